The number of hydrogen-bond acceptors (Lipinski definition) is 4. The van der Waals surface area contributed by atoms with Gasteiger partial charge in [-0.3, -0.25) is 19.8 Å². The highest BCUT2D eigenvalue weighted by Gasteiger charge is 2.48. The van der Waals surface area contributed by atoms with E-state index in [2.05, 4.69) is 10.7 Å². The maximum atomic E-state index is 12.5. The van der Waals surface area contributed by atoms with Crippen molar-refractivity contribution in [3.05, 3.63) is 59.7 Å². The van der Waals surface area contributed by atoms with E-state index in [9.17, 15) is 14.4 Å². The summed E-state index contributed by atoms with van der Waals surface area (Å²) in [5.74, 6) is -0.334. The minimum atomic E-state index is -0.749. The fraction of sp³-hybridized carbons (Fsp3) is 0.211. The molecule has 1 aliphatic rings. The third-order valence-corrected chi connectivity index (χ3v) is 4.60. The third-order valence-electron chi connectivity index (χ3n) is 4.18. The van der Waals surface area contributed by atoms with Crippen LogP contribution in [0.5, 0.6) is 5.75 Å². The second kappa shape index (κ2) is 7.67. The van der Waals surface area contributed by atoms with Crippen molar-refractivity contribution in [2.75, 3.05) is 12.4 Å². The van der Waals surface area contributed by atoms with E-state index in [4.69, 9.17) is 16.3 Å². The molecule has 2 atom stereocenters. The number of ether oxygens (including phenoxy) is 1. The maximum Gasteiger partial charge on any atom is 0.269 e. The van der Waals surface area contributed by atoms with E-state index in [-0.39, 0.29) is 11.8 Å². The molecule has 1 fully saturated rings. The average molecular weight is 388 g/mol. The summed E-state index contributed by atoms with van der Waals surface area (Å²) in [6, 6.07) is 13.0. The van der Waals surface area contributed by atoms with E-state index in [0.29, 0.717) is 17.0 Å². The predicted molar refractivity (Wildman–Crippen MR) is 100 cm³/mol. The Morgan fingerprint density at radius 1 is 1.07 bits per heavy atom. The number of anilines is 1. The van der Waals surface area contributed by atoms with Crippen molar-refractivity contribution in [2.24, 2.45) is 0 Å². The molecule has 0 spiro atoms. The van der Waals surface area contributed by atoms with Crippen molar-refractivity contribution in [1.29, 1.82) is 0 Å². The summed E-state index contributed by atoms with van der Waals surface area (Å²) in [5, 5.41) is 3.10. The predicted octanol–water partition coefficient (Wildman–Crippen LogP) is 2.49. The van der Waals surface area contributed by atoms with Crippen molar-refractivity contribution in [2.45, 2.75) is 18.3 Å². The lowest BCUT2D eigenvalue weighted by Gasteiger charge is -2.43. The van der Waals surface area contributed by atoms with Crippen molar-refractivity contribution in [1.82, 2.24) is 10.4 Å². The third kappa shape index (κ3) is 3.88. The van der Waals surface area contributed by atoms with E-state index < -0.39 is 17.3 Å². The first-order chi connectivity index (χ1) is 12.9. The van der Waals surface area contributed by atoms with Crippen molar-refractivity contribution >= 4 is 35.0 Å². The first-order valence-corrected chi connectivity index (χ1v) is 8.64. The number of nitrogens with one attached hydrogen (secondary N) is 2. The molecule has 2 aromatic rings. The Morgan fingerprint density at radius 3 is 2.26 bits per heavy atom. The van der Waals surface area contributed by atoms with Crippen molar-refractivity contribution in [3.8, 4) is 5.75 Å². The normalized spacial score (nSPS) is 18.5. The van der Waals surface area contributed by atoms with E-state index in [1.54, 1.807) is 55.6 Å². The lowest BCUT2D eigenvalue weighted by atomic mass is 9.95. The minimum Gasteiger partial charge on any atom is -0.497 e. The van der Waals surface area contributed by atoms with Gasteiger partial charge in [0, 0.05) is 18.2 Å². The molecule has 1 saturated heterocycles. The van der Waals surface area contributed by atoms with Crippen LogP contribution in [-0.2, 0) is 9.59 Å². The molecule has 0 aromatic heterocycles. The number of β-lactam (4-membered cyclic amide) rings is 1. The highest BCUT2D eigenvalue weighted by Crippen LogP contribution is 2.37. The Balaban J connectivity index is 1.71. The summed E-state index contributed by atoms with van der Waals surface area (Å²) in [7, 11) is 1.57. The molecule has 8 heteroatoms. The maximum absolute atomic E-state index is 12.5. The fourth-order valence-corrected chi connectivity index (χ4v) is 3.14. The molecular formula is C19H18ClN3O4. The van der Waals surface area contributed by atoms with Gasteiger partial charge in [0.15, 0.2) is 0 Å². The summed E-state index contributed by atoms with van der Waals surface area (Å²) < 4.78 is 5.12. The molecule has 1 aliphatic heterocycles. The molecule has 0 bridgehead atoms. The standard InChI is InChI=1S/C19H18ClN3O4/c1-11(24)21-14-7-3-13(4-8-14)18(25)22-23-17(16(20)19(23)26)12-5-9-15(27-2)10-6-12/h3-10,16-17H,1-2H3,(H,21,24)(H,22,25)/t16-,17?/m0/s1. The Bertz CT molecular complexity index is 868. The molecule has 0 aliphatic carbocycles. The molecule has 1 heterocycles. The lowest BCUT2D eigenvalue weighted by molar-refractivity contribution is -0.149. The smallest absolute Gasteiger partial charge is 0.269 e. The number of carbonyl (C=O) groups is 3. The highest BCUT2D eigenvalue weighted by atomic mass is 35.5. The van der Waals surface area contributed by atoms with Crippen LogP contribution in [0.1, 0.15) is 28.9 Å². The number of halogens is 1. The molecule has 1 unspecified atom stereocenters. The molecule has 2 aromatic carbocycles. The number of hydrazine groups is 1. The van der Waals surface area contributed by atoms with E-state index >= 15 is 0 Å². The van der Waals surface area contributed by atoms with Crippen molar-refractivity contribution < 1.29 is 19.1 Å². The summed E-state index contributed by atoms with van der Waals surface area (Å²) in [4.78, 5) is 35.6. The topological polar surface area (TPSA) is 87.7 Å². The summed E-state index contributed by atoms with van der Waals surface area (Å²) in [6.45, 7) is 1.40. The van der Waals surface area contributed by atoms with Crippen LogP contribution in [0.3, 0.4) is 0 Å². The van der Waals surface area contributed by atoms with Gasteiger partial charge in [-0.25, -0.2) is 5.01 Å². The monoisotopic (exact) mass is 387 g/mol. The fourth-order valence-electron chi connectivity index (χ4n) is 2.78. The summed E-state index contributed by atoms with van der Waals surface area (Å²) in [5.41, 5.74) is 4.31. The van der Waals surface area contributed by atoms with E-state index in [1.807, 2.05) is 0 Å². The van der Waals surface area contributed by atoms with E-state index in [1.165, 1.54) is 11.9 Å². The molecule has 140 valence electrons. The Morgan fingerprint density at radius 2 is 1.70 bits per heavy atom. The van der Waals surface area contributed by atoms with Gasteiger partial charge in [-0.1, -0.05) is 12.1 Å². The SMILES string of the molecule is COc1ccc(C2[C@H](Cl)C(=O)N2NC(=O)c2ccc(NC(C)=O)cc2)cc1. The zero-order valence-corrected chi connectivity index (χ0v) is 15.5. The van der Waals surface area contributed by atoms with Gasteiger partial charge in [0.05, 0.1) is 7.11 Å². The molecule has 0 radical (unpaired) electrons. The Hall–Kier alpha value is -3.06. The van der Waals surface area contributed by atoms with Gasteiger partial charge in [-0.05, 0) is 42.0 Å². The summed E-state index contributed by atoms with van der Waals surface area (Å²) >= 11 is 6.15. The molecule has 3 rings (SSSR count). The van der Waals surface area contributed by atoms with Crippen LogP contribution in [-0.4, -0.2) is 35.2 Å². The van der Waals surface area contributed by atoms with Crippen LogP contribution in [0, 0.1) is 0 Å². The van der Waals surface area contributed by atoms with Gasteiger partial charge in [-0.2, -0.15) is 0 Å². The largest absolute Gasteiger partial charge is 0.497 e. The van der Waals surface area contributed by atoms with Crippen LogP contribution in [0.2, 0.25) is 0 Å². The van der Waals surface area contributed by atoms with E-state index in [0.717, 1.165) is 5.56 Å². The van der Waals surface area contributed by atoms with Gasteiger partial charge in [0.1, 0.15) is 17.2 Å². The number of carbonyl (C=O) groups excluding carboxylic acids is 3. The number of benzene rings is 2. The van der Waals surface area contributed by atoms with Crippen LogP contribution in [0.4, 0.5) is 5.69 Å². The van der Waals surface area contributed by atoms with Crippen LogP contribution < -0.4 is 15.5 Å². The minimum absolute atomic E-state index is 0.200. The second-order valence-corrected chi connectivity index (χ2v) is 6.50. The number of amides is 3. The average Bonchev–Trinajstić information content (AvgIpc) is 2.67. The molecule has 27 heavy (non-hydrogen) atoms. The molecule has 7 nitrogen and oxygen atoms in total. The molecule has 2 N–H and O–H groups in total. The van der Waals surface area contributed by atoms with Crippen LogP contribution in [0.25, 0.3) is 0 Å². The van der Waals surface area contributed by atoms with Gasteiger partial charge < -0.3 is 10.1 Å². The second-order valence-electron chi connectivity index (χ2n) is 6.03. The Labute approximate surface area is 161 Å². The van der Waals surface area contributed by atoms with Crippen LogP contribution >= 0.6 is 11.6 Å². The van der Waals surface area contributed by atoms with Crippen LogP contribution in [0.15, 0.2) is 48.5 Å². The quantitative estimate of drug-likeness (QED) is 0.609. The zero-order chi connectivity index (χ0) is 19.6. The molecule has 0 saturated carbocycles. The number of methoxy groups -OCH3 is 1. The van der Waals surface area contributed by atoms with Gasteiger partial charge in [-0.15, -0.1) is 11.6 Å². The lowest BCUT2D eigenvalue weighted by Crippen LogP contribution is -2.63. The number of hydrogen-bond donors (Lipinski definition) is 2. The number of nitrogens with zero attached hydrogens (tertiary/aromatic N) is 1. The molecular weight excluding hydrogens is 370 g/mol. The first kappa shape index (κ1) is 18.7. The highest BCUT2D eigenvalue weighted by molar-refractivity contribution is 6.33. The van der Waals surface area contributed by atoms with Gasteiger partial charge in [0.25, 0.3) is 11.8 Å². The van der Waals surface area contributed by atoms with Crippen molar-refractivity contribution in [3.63, 3.8) is 0 Å². The number of rotatable bonds is 5. The summed E-state index contributed by atoms with van der Waals surface area (Å²) in [6.07, 6.45) is 0. The van der Waals surface area contributed by atoms with Gasteiger partial charge >= 0.3 is 0 Å². The van der Waals surface area contributed by atoms with Gasteiger partial charge in [0.2, 0.25) is 5.91 Å². The first-order valence-electron chi connectivity index (χ1n) is 8.20. The Kier molecular flexibility index (Phi) is 5.32. The zero-order valence-electron chi connectivity index (χ0n) is 14.7. The number of alkyl halides is 1. The molecule has 3 amide bonds.